The van der Waals surface area contributed by atoms with Crippen molar-refractivity contribution in [2.24, 2.45) is 0 Å². The molecule has 3 aromatic rings. The number of amides is 2. The van der Waals surface area contributed by atoms with E-state index in [1.165, 1.54) is 18.3 Å². The number of aromatic nitrogens is 1. The molecule has 1 heterocycles. The number of aliphatic hydroxyl groups excluding tert-OH is 1. The van der Waals surface area contributed by atoms with E-state index in [1.807, 2.05) is 0 Å². The Morgan fingerprint density at radius 3 is 2.20 bits per heavy atom. The monoisotopic (exact) mass is 551 g/mol. The number of carbonyl (C=O) groups excluding carboxylic acids is 3. The predicted molar refractivity (Wildman–Crippen MR) is 149 cm³/mol. The number of carbonyl (C=O) groups is 3. The molecule has 0 radical (unpaired) electrons. The first-order valence-corrected chi connectivity index (χ1v) is 12.9. The quantitative estimate of drug-likeness (QED) is 0.314. The first-order chi connectivity index (χ1) is 19.0. The SMILES string of the molecule is CC(C)(C)OC(=O)C[C@H](NC(=O)[C@H](Cc1ccccc1)n1cccc(NC(=O)c2ccccc2)c1=O)[C@@H](O)CF. The van der Waals surface area contributed by atoms with Gasteiger partial charge in [-0.3, -0.25) is 19.2 Å². The summed E-state index contributed by atoms with van der Waals surface area (Å²) >= 11 is 0. The number of benzene rings is 2. The van der Waals surface area contributed by atoms with Crippen molar-refractivity contribution in [2.75, 3.05) is 12.0 Å². The van der Waals surface area contributed by atoms with Crippen molar-refractivity contribution in [1.29, 1.82) is 0 Å². The zero-order valence-corrected chi connectivity index (χ0v) is 22.7. The normalized spacial score (nSPS) is 13.5. The maximum atomic E-state index is 13.6. The number of alkyl halides is 1. The zero-order valence-electron chi connectivity index (χ0n) is 22.7. The maximum absolute atomic E-state index is 13.6. The molecule has 0 aliphatic carbocycles. The molecule has 3 atom stereocenters. The van der Waals surface area contributed by atoms with Crippen molar-refractivity contribution in [2.45, 2.75) is 57.4 Å². The fraction of sp³-hybridized carbons (Fsp3) is 0.333. The lowest BCUT2D eigenvalue weighted by Gasteiger charge is -2.27. The number of rotatable bonds is 11. The van der Waals surface area contributed by atoms with Gasteiger partial charge in [-0.2, -0.15) is 0 Å². The van der Waals surface area contributed by atoms with E-state index in [1.54, 1.807) is 81.4 Å². The Kier molecular flexibility index (Phi) is 10.3. The lowest BCUT2D eigenvalue weighted by atomic mass is 10.0. The highest BCUT2D eigenvalue weighted by Gasteiger charge is 2.31. The molecule has 1 aromatic heterocycles. The molecule has 10 heteroatoms. The van der Waals surface area contributed by atoms with Gasteiger partial charge in [0.1, 0.15) is 30.1 Å². The number of hydrogen-bond acceptors (Lipinski definition) is 6. The van der Waals surface area contributed by atoms with E-state index < -0.39 is 60.2 Å². The van der Waals surface area contributed by atoms with Gasteiger partial charge in [0, 0.05) is 18.2 Å². The van der Waals surface area contributed by atoms with Crippen LogP contribution >= 0.6 is 0 Å². The summed E-state index contributed by atoms with van der Waals surface area (Å²) < 4.78 is 19.9. The van der Waals surface area contributed by atoms with Gasteiger partial charge in [-0.1, -0.05) is 48.5 Å². The fourth-order valence-electron chi connectivity index (χ4n) is 4.02. The van der Waals surface area contributed by atoms with E-state index in [2.05, 4.69) is 10.6 Å². The molecule has 2 amide bonds. The smallest absolute Gasteiger partial charge is 0.308 e. The molecule has 3 N–H and O–H groups in total. The molecule has 0 aliphatic heterocycles. The molecule has 3 rings (SSSR count). The minimum Gasteiger partial charge on any atom is -0.460 e. The summed E-state index contributed by atoms with van der Waals surface area (Å²) in [5.74, 6) is -1.95. The van der Waals surface area contributed by atoms with Crippen LogP contribution in [-0.2, 0) is 20.7 Å². The van der Waals surface area contributed by atoms with E-state index in [0.717, 1.165) is 10.1 Å². The Hall–Kier alpha value is -4.31. The van der Waals surface area contributed by atoms with Gasteiger partial charge in [0.05, 0.1) is 12.5 Å². The minimum atomic E-state index is -1.68. The summed E-state index contributed by atoms with van der Waals surface area (Å²) in [6.45, 7) is 3.78. The van der Waals surface area contributed by atoms with Crippen molar-refractivity contribution in [3.8, 4) is 0 Å². The van der Waals surface area contributed by atoms with E-state index in [-0.39, 0.29) is 12.1 Å². The third kappa shape index (κ3) is 8.60. The highest BCUT2D eigenvalue weighted by molar-refractivity contribution is 6.04. The van der Waals surface area contributed by atoms with Crippen LogP contribution < -0.4 is 16.2 Å². The number of pyridine rings is 1. The van der Waals surface area contributed by atoms with Crippen LogP contribution in [-0.4, -0.2) is 51.9 Å². The number of nitrogens with one attached hydrogen (secondary N) is 2. The third-order valence-electron chi connectivity index (χ3n) is 5.93. The fourth-order valence-corrected chi connectivity index (χ4v) is 4.02. The summed E-state index contributed by atoms with van der Waals surface area (Å²) in [7, 11) is 0. The van der Waals surface area contributed by atoms with Gasteiger partial charge in [0.2, 0.25) is 5.91 Å². The van der Waals surface area contributed by atoms with Gasteiger partial charge in [-0.05, 0) is 50.6 Å². The topological polar surface area (TPSA) is 127 Å². The summed E-state index contributed by atoms with van der Waals surface area (Å²) in [4.78, 5) is 52.2. The molecule has 9 nitrogen and oxygen atoms in total. The average molecular weight is 552 g/mol. The van der Waals surface area contributed by atoms with Crippen LogP contribution in [0.15, 0.2) is 83.8 Å². The largest absolute Gasteiger partial charge is 0.460 e. The van der Waals surface area contributed by atoms with E-state index in [4.69, 9.17) is 4.74 Å². The molecule has 0 aliphatic rings. The molecule has 2 aromatic carbocycles. The maximum Gasteiger partial charge on any atom is 0.308 e. The van der Waals surface area contributed by atoms with Crippen molar-refractivity contribution >= 4 is 23.5 Å². The second kappa shape index (κ2) is 13.7. The van der Waals surface area contributed by atoms with Gasteiger partial charge < -0.3 is 25.0 Å². The molecule has 0 bridgehead atoms. The van der Waals surface area contributed by atoms with Gasteiger partial charge >= 0.3 is 5.97 Å². The number of nitrogens with zero attached hydrogens (tertiary/aromatic N) is 1. The number of anilines is 1. The van der Waals surface area contributed by atoms with Crippen molar-refractivity contribution in [3.63, 3.8) is 0 Å². The zero-order chi connectivity index (χ0) is 29.3. The second-order valence-electron chi connectivity index (χ2n) is 10.3. The van der Waals surface area contributed by atoms with Crippen LogP contribution in [0, 0.1) is 0 Å². The first-order valence-electron chi connectivity index (χ1n) is 12.9. The number of halogens is 1. The summed E-state index contributed by atoms with van der Waals surface area (Å²) in [6.07, 6.45) is -0.689. The van der Waals surface area contributed by atoms with E-state index in [9.17, 15) is 28.7 Å². The molecule has 0 saturated carbocycles. The van der Waals surface area contributed by atoms with Gasteiger partial charge in [-0.25, -0.2) is 4.39 Å². The van der Waals surface area contributed by atoms with Crippen molar-refractivity contribution in [1.82, 2.24) is 9.88 Å². The van der Waals surface area contributed by atoms with Gasteiger partial charge in [0.15, 0.2) is 0 Å². The Labute approximate surface area is 232 Å². The molecule has 0 unspecified atom stereocenters. The molecule has 0 spiro atoms. The van der Waals surface area contributed by atoms with Crippen molar-refractivity contribution < 1.29 is 28.6 Å². The molecular formula is C30H34FN3O6. The van der Waals surface area contributed by atoms with Crippen LogP contribution in [0.2, 0.25) is 0 Å². The Morgan fingerprint density at radius 2 is 1.60 bits per heavy atom. The minimum absolute atomic E-state index is 0.0451. The second-order valence-corrected chi connectivity index (χ2v) is 10.3. The molecule has 0 fully saturated rings. The highest BCUT2D eigenvalue weighted by Crippen LogP contribution is 2.17. The third-order valence-corrected chi connectivity index (χ3v) is 5.93. The van der Waals surface area contributed by atoms with Crippen LogP contribution in [0.4, 0.5) is 10.1 Å². The molecular weight excluding hydrogens is 517 g/mol. The molecule has 0 saturated heterocycles. The number of hydrogen-bond donors (Lipinski definition) is 3. The van der Waals surface area contributed by atoms with E-state index in [0.29, 0.717) is 5.56 Å². The molecule has 212 valence electrons. The van der Waals surface area contributed by atoms with Gasteiger partial charge in [0.25, 0.3) is 11.5 Å². The number of esters is 1. The lowest BCUT2D eigenvalue weighted by Crippen LogP contribution is -2.49. The van der Waals surface area contributed by atoms with E-state index >= 15 is 0 Å². The lowest BCUT2D eigenvalue weighted by molar-refractivity contribution is -0.156. The Morgan fingerprint density at radius 1 is 0.975 bits per heavy atom. The summed E-state index contributed by atoms with van der Waals surface area (Å²) in [6, 6.07) is 17.7. The highest BCUT2D eigenvalue weighted by atomic mass is 19.1. The van der Waals surface area contributed by atoms with Crippen LogP contribution in [0.25, 0.3) is 0 Å². The van der Waals surface area contributed by atoms with Gasteiger partial charge in [-0.15, -0.1) is 0 Å². The summed E-state index contributed by atoms with van der Waals surface area (Å²) in [5.41, 5.74) is -0.432. The first kappa shape index (κ1) is 30.2. The average Bonchev–Trinajstić information content (AvgIpc) is 2.92. The van der Waals surface area contributed by atoms with Crippen LogP contribution in [0.5, 0.6) is 0 Å². The van der Waals surface area contributed by atoms with Crippen LogP contribution in [0.1, 0.15) is 49.2 Å². The Balaban J connectivity index is 1.93. The molecule has 40 heavy (non-hydrogen) atoms. The van der Waals surface area contributed by atoms with Crippen molar-refractivity contribution in [3.05, 3.63) is 100 Å². The number of aliphatic hydroxyl groups is 1. The predicted octanol–water partition coefficient (Wildman–Crippen LogP) is 3.43. The standard InChI is InChI=1S/C30H34FN3O6/c1-30(2,3)40-26(36)18-23(25(35)19-31)33-28(38)24(17-20-11-6-4-7-12-20)34-16-10-15-22(29(34)39)32-27(37)21-13-8-5-9-14-21/h4-16,23-25,35H,17-19H2,1-3H3,(H,32,37)(H,33,38)/t23-,24-,25-/m0/s1. The Bertz CT molecular complexity index is 1360. The van der Waals surface area contributed by atoms with Crippen LogP contribution in [0.3, 0.4) is 0 Å². The summed E-state index contributed by atoms with van der Waals surface area (Å²) in [5, 5.41) is 15.4. The number of ether oxygens (including phenoxy) is 1.